The second-order valence-electron chi connectivity index (χ2n) is 8.59. The molecule has 0 bridgehead atoms. The van der Waals surface area contributed by atoms with Crippen LogP contribution in [0.4, 0.5) is 13.2 Å². The number of fused-ring (bicyclic) bond motifs is 1. The SMILES string of the molecule is COc1ccc(C(=O)N2CCC(c3ccc(CN=C(N)N)cc3C(F)(F)F)CC2)c2ccccc12. The average Bonchev–Trinajstić information content (AvgIpc) is 2.86. The van der Waals surface area contributed by atoms with Crippen molar-refractivity contribution in [1.82, 2.24) is 4.90 Å². The van der Waals surface area contributed by atoms with E-state index < -0.39 is 11.7 Å². The Kier molecular flexibility index (Phi) is 6.86. The largest absolute Gasteiger partial charge is 0.496 e. The molecule has 1 heterocycles. The number of benzene rings is 3. The van der Waals surface area contributed by atoms with Crippen molar-refractivity contribution in [3.63, 3.8) is 0 Å². The number of aliphatic imine (C=N–C) groups is 1. The lowest BCUT2D eigenvalue weighted by Crippen LogP contribution is -2.38. The fourth-order valence-corrected chi connectivity index (χ4v) is 4.69. The van der Waals surface area contributed by atoms with Crippen molar-refractivity contribution >= 4 is 22.6 Å². The predicted octanol–water partition coefficient (Wildman–Crippen LogP) is 4.66. The fraction of sp³-hybridized carbons (Fsp3) is 0.308. The number of amides is 1. The Labute approximate surface area is 201 Å². The molecule has 1 aliphatic heterocycles. The molecule has 3 aromatic carbocycles. The zero-order valence-electron chi connectivity index (χ0n) is 19.3. The first-order chi connectivity index (χ1) is 16.7. The molecule has 0 atom stereocenters. The highest BCUT2D eigenvalue weighted by Crippen LogP contribution is 2.40. The van der Waals surface area contributed by atoms with Crippen LogP contribution >= 0.6 is 0 Å². The minimum absolute atomic E-state index is 0.0194. The Morgan fingerprint density at radius 1 is 1.06 bits per heavy atom. The van der Waals surface area contributed by atoms with Gasteiger partial charge in [-0.25, -0.2) is 4.99 Å². The van der Waals surface area contributed by atoms with Crippen molar-refractivity contribution in [3.05, 3.63) is 76.9 Å². The van der Waals surface area contributed by atoms with Crippen molar-refractivity contribution in [2.45, 2.75) is 31.5 Å². The number of hydrogen-bond donors (Lipinski definition) is 2. The van der Waals surface area contributed by atoms with Crippen LogP contribution in [-0.4, -0.2) is 37.0 Å². The number of halogens is 3. The second kappa shape index (κ2) is 9.85. The number of alkyl halides is 3. The first-order valence-corrected chi connectivity index (χ1v) is 11.3. The Hall–Kier alpha value is -3.75. The summed E-state index contributed by atoms with van der Waals surface area (Å²) in [5.74, 6) is 0.0643. The molecule has 9 heteroatoms. The molecule has 0 saturated carbocycles. The van der Waals surface area contributed by atoms with E-state index >= 15 is 0 Å². The maximum absolute atomic E-state index is 13.9. The summed E-state index contributed by atoms with van der Waals surface area (Å²) in [6.45, 7) is 0.724. The van der Waals surface area contributed by atoms with Crippen LogP contribution in [0.1, 0.15) is 45.8 Å². The summed E-state index contributed by atoms with van der Waals surface area (Å²) in [5, 5.41) is 1.63. The molecule has 1 amide bonds. The van der Waals surface area contributed by atoms with Gasteiger partial charge in [0.1, 0.15) is 5.75 Å². The van der Waals surface area contributed by atoms with Gasteiger partial charge in [0.05, 0.1) is 19.2 Å². The van der Waals surface area contributed by atoms with Gasteiger partial charge in [0.2, 0.25) is 0 Å². The molecular formula is C26H27F3N4O2. The fourth-order valence-electron chi connectivity index (χ4n) is 4.69. The number of nitrogens with two attached hydrogens (primary N) is 2. The summed E-state index contributed by atoms with van der Waals surface area (Å²) in [6.07, 6.45) is -3.62. The monoisotopic (exact) mass is 484 g/mol. The average molecular weight is 485 g/mol. The highest BCUT2D eigenvalue weighted by molar-refractivity contribution is 6.08. The molecular weight excluding hydrogens is 457 g/mol. The molecule has 3 aromatic rings. The van der Waals surface area contributed by atoms with E-state index in [2.05, 4.69) is 4.99 Å². The van der Waals surface area contributed by atoms with Crippen LogP contribution in [0.3, 0.4) is 0 Å². The van der Waals surface area contributed by atoms with Crippen molar-refractivity contribution in [2.24, 2.45) is 16.5 Å². The lowest BCUT2D eigenvalue weighted by Gasteiger charge is -2.33. The van der Waals surface area contributed by atoms with Crippen LogP contribution in [0.15, 0.2) is 59.6 Å². The number of carbonyl (C=O) groups is 1. The molecule has 1 saturated heterocycles. The molecule has 1 aliphatic rings. The van der Waals surface area contributed by atoms with Gasteiger partial charge in [-0.15, -0.1) is 0 Å². The highest BCUT2D eigenvalue weighted by atomic mass is 19.4. The molecule has 4 rings (SSSR count). The molecule has 0 aliphatic carbocycles. The minimum atomic E-state index is -4.50. The third-order valence-corrected chi connectivity index (χ3v) is 6.42. The standard InChI is InChI=1S/C26H27F3N4O2/c1-35-23-9-8-21(19-4-2-3-5-20(19)23)24(34)33-12-10-17(11-13-33)18-7-6-16(15-32-25(30)31)14-22(18)26(27,28)29/h2-9,14,17H,10-13,15H2,1H3,(H4,30,31,32). The van der Waals surface area contributed by atoms with E-state index in [1.807, 2.05) is 24.3 Å². The summed E-state index contributed by atoms with van der Waals surface area (Å²) < 4.78 is 47.0. The number of ether oxygens (including phenoxy) is 1. The van der Waals surface area contributed by atoms with Gasteiger partial charge in [0.15, 0.2) is 5.96 Å². The van der Waals surface area contributed by atoms with E-state index in [0.717, 1.165) is 16.8 Å². The van der Waals surface area contributed by atoms with E-state index in [1.54, 1.807) is 30.2 Å². The van der Waals surface area contributed by atoms with Gasteiger partial charge in [-0.2, -0.15) is 13.2 Å². The van der Waals surface area contributed by atoms with Gasteiger partial charge in [0, 0.05) is 24.0 Å². The summed E-state index contributed by atoms with van der Waals surface area (Å²) in [7, 11) is 1.58. The van der Waals surface area contributed by atoms with E-state index in [0.29, 0.717) is 42.8 Å². The highest BCUT2D eigenvalue weighted by Gasteiger charge is 2.37. The quantitative estimate of drug-likeness (QED) is 0.407. The molecule has 0 aromatic heterocycles. The first kappa shape index (κ1) is 24.4. The predicted molar refractivity (Wildman–Crippen MR) is 129 cm³/mol. The van der Waals surface area contributed by atoms with Crippen LogP contribution in [0, 0.1) is 0 Å². The lowest BCUT2D eigenvalue weighted by atomic mass is 9.85. The van der Waals surface area contributed by atoms with Crippen molar-refractivity contribution in [2.75, 3.05) is 20.2 Å². The molecule has 35 heavy (non-hydrogen) atoms. The normalized spacial score (nSPS) is 14.7. The molecule has 0 radical (unpaired) electrons. The number of guanidine groups is 1. The number of methoxy groups -OCH3 is 1. The lowest BCUT2D eigenvalue weighted by molar-refractivity contribution is -0.138. The minimum Gasteiger partial charge on any atom is -0.496 e. The van der Waals surface area contributed by atoms with Crippen molar-refractivity contribution in [3.8, 4) is 5.75 Å². The van der Waals surface area contributed by atoms with Crippen LogP contribution in [0.2, 0.25) is 0 Å². The molecule has 0 spiro atoms. The number of carbonyl (C=O) groups excluding carboxylic acids is 1. The Balaban J connectivity index is 1.54. The summed E-state index contributed by atoms with van der Waals surface area (Å²) in [6, 6.07) is 15.3. The molecule has 0 unspecified atom stereocenters. The van der Waals surface area contributed by atoms with Crippen molar-refractivity contribution < 1.29 is 22.7 Å². The zero-order chi connectivity index (χ0) is 25.2. The molecule has 1 fully saturated rings. The van der Waals surface area contributed by atoms with Gasteiger partial charge < -0.3 is 21.1 Å². The first-order valence-electron chi connectivity index (χ1n) is 11.3. The maximum Gasteiger partial charge on any atom is 0.416 e. The van der Waals surface area contributed by atoms with E-state index in [1.165, 1.54) is 6.07 Å². The Morgan fingerprint density at radius 2 is 1.74 bits per heavy atom. The Bertz CT molecular complexity index is 1260. The molecule has 184 valence electrons. The van der Waals surface area contributed by atoms with Crippen LogP contribution in [0.5, 0.6) is 5.75 Å². The number of nitrogens with zero attached hydrogens (tertiary/aromatic N) is 2. The van der Waals surface area contributed by atoms with Gasteiger partial charge in [0.25, 0.3) is 5.91 Å². The van der Waals surface area contributed by atoms with Gasteiger partial charge in [-0.05, 0) is 53.5 Å². The third-order valence-electron chi connectivity index (χ3n) is 6.42. The number of hydrogen-bond acceptors (Lipinski definition) is 3. The van der Waals surface area contributed by atoms with Crippen molar-refractivity contribution in [1.29, 1.82) is 0 Å². The van der Waals surface area contributed by atoms with Crippen LogP contribution < -0.4 is 16.2 Å². The van der Waals surface area contributed by atoms with Crippen LogP contribution in [-0.2, 0) is 12.7 Å². The summed E-state index contributed by atoms with van der Waals surface area (Å²) in [5.41, 5.74) is 11.1. The van der Waals surface area contributed by atoms with E-state index in [4.69, 9.17) is 16.2 Å². The number of likely N-dealkylation sites (tertiary alicyclic amines) is 1. The zero-order valence-corrected chi connectivity index (χ0v) is 19.3. The second-order valence-corrected chi connectivity index (χ2v) is 8.59. The topological polar surface area (TPSA) is 93.9 Å². The number of piperidine rings is 1. The van der Waals surface area contributed by atoms with E-state index in [-0.39, 0.29) is 29.9 Å². The summed E-state index contributed by atoms with van der Waals surface area (Å²) >= 11 is 0. The van der Waals surface area contributed by atoms with E-state index in [9.17, 15) is 18.0 Å². The molecule has 4 N–H and O–H groups in total. The third kappa shape index (κ3) is 5.18. The molecule has 6 nitrogen and oxygen atoms in total. The van der Waals surface area contributed by atoms with Gasteiger partial charge >= 0.3 is 6.18 Å². The Morgan fingerprint density at radius 3 is 2.37 bits per heavy atom. The maximum atomic E-state index is 13.9. The van der Waals surface area contributed by atoms with Gasteiger partial charge in [-0.1, -0.05) is 36.4 Å². The smallest absolute Gasteiger partial charge is 0.416 e. The number of rotatable bonds is 5. The van der Waals surface area contributed by atoms with Gasteiger partial charge in [-0.3, -0.25) is 4.79 Å². The summed E-state index contributed by atoms with van der Waals surface area (Å²) in [4.78, 5) is 18.8. The van der Waals surface area contributed by atoms with Crippen LogP contribution in [0.25, 0.3) is 10.8 Å².